The normalized spacial score (nSPS) is 18.9. The minimum absolute atomic E-state index is 0.166. The van der Waals surface area contributed by atoms with Gasteiger partial charge in [0.25, 0.3) is 0 Å². The quantitative estimate of drug-likeness (QED) is 0.619. The number of carbonyl (C=O) groups is 1. The Morgan fingerprint density at radius 2 is 2.25 bits per heavy atom. The highest BCUT2D eigenvalue weighted by atomic mass is 35.5. The SMILES string of the molecule is CC(Cl)CCN(C)C(=O)C1CC1. The maximum absolute atomic E-state index is 11.4. The topological polar surface area (TPSA) is 20.3 Å². The molecule has 0 aliphatic heterocycles. The van der Waals surface area contributed by atoms with Gasteiger partial charge in [-0.15, -0.1) is 11.6 Å². The largest absolute Gasteiger partial charge is 0.345 e. The molecule has 1 aliphatic carbocycles. The van der Waals surface area contributed by atoms with Crippen molar-refractivity contribution in [3.8, 4) is 0 Å². The molecule has 0 heterocycles. The molecule has 12 heavy (non-hydrogen) atoms. The van der Waals surface area contributed by atoms with E-state index in [2.05, 4.69) is 0 Å². The van der Waals surface area contributed by atoms with E-state index in [0.717, 1.165) is 25.8 Å². The van der Waals surface area contributed by atoms with Crippen LogP contribution in [0.25, 0.3) is 0 Å². The summed E-state index contributed by atoms with van der Waals surface area (Å²) in [6.07, 6.45) is 3.05. The molecule has 1 atom stereocenters. The minimum Gasteiger partial charge on any atom is -0.345 e. The molecule has 0 saturated heterocycles. The van der Waals surface area contributed by atoms with E-state index < -0.39 is 0 Å². The molecule has 0 radical (unpaired) electrons. The van der Waals surface area contributed by atoms with Gasteiger partial charge in [-0.3, -0.25) is 4.79 Å². The lowest BCUT2D eigenvalue weighted by Gasteiger charge is -2.17. The van der Waals surface area contributed by atoms with Gasteiger partial charge < -0.3 is 4.90 Å². The fraction of sp³-hybridized carbons (Fsp3) is 0.889. The molecule has 0 aromatic heterocycles. The van der Waals surface area contributed by atoms with Crippen LogP contribution in [0.4, 0.5) is 0 Å². The Balaban J connectivity index is 2.17. The van der Waals surface area contributed by atoms with Crippen LogP contribution in [0, 0.1) is 5.92 Å². The standard InChI is InChI=1S/C9H16ClNO/c1-7(10)5-6-11(2)9(12)8-3-4-8/h7-8H,3-6H2,1-2H3. The zero-order valence-corrected chi connectivity index (χ0v) is 8.47. The number of halogens is 1. The van der Waals surface area contributed by atoms with Crippen molar-refractivity contribution in [2.75, 3.05) is 13.6 Å². The predicted molar refractivity (Wildman–Crippen MR) is 50.3 cm³/mol. The molecule has 1 fully saturated rings. The van der Waals surface area contributed by atoms with Gasteiger partial charge in [0.1, 0.15) is 0 Å². The zero-order chi connectivity index (χ0) is 9.14. The summed E-state index contributed by atoms with van der Waals surface area (Å²) in [5, 5.41) is 0.166. The highest BCUT2D eigenvalue weighted by molar-refractivity contribution is 6.20. The monoisotopic (exact) mass is 189 g/mol. The van der Waals surface area contributed by atoms with Crippen LogP contribution < -0.4 is 0 Å². The van der Waals surface area contributed by atoms with Crippen molar-refractivity contribution < 1.29 is 4.79 Å². The lowest BCUT2D eigenvalue weighted by atomic mass is 10.3. The molecule has 1 aliphatic rings. The first-order valence-corrected chi connectivity index (χ1v) is 4.94. The van der Waals surface area contributed by atoms with Gasteiger partial charge in [-0.05, 0) is 26.2 Å². The second-order valence-electron chi connectivity index (χ2n) is 3.60. The maximum atomic E-state index is 11.4. The van der Waals surface area contributed by atoms with Crippen LogP contribution in [0.5, 0.6) is 0 Å². The third-order valence-electron chi connectivity index (χ3n) is 2.17. The second kappa shape index (κ2) is 4.13. The van der Waals surface area contributed by atoms with E-state index in [9.17, 15) is 4.79 Å². The number of nitrogens with zero attached hydrogens (tertiary/aromatic N) is 1. The van der Waals surface area contributed by atoms with E-state index in [1.807, 2.05) is 14.0 Å². The summed E-state index contributed by atoms with van der Waals surface area (Å²) in [6, 6.07) is 0. The van der Waals surface area contributed by atoms with Crippen molar-refractivity contribution in [2.24, 2.45) is 5.92 Å². The molecule has 0 N–H and O–H groups in total. The van der Waals surface area contributed by atoms with Crippen LogP contribution in [0.3, 0.4) is 0 Å². The van der Waals surface area contributed by atoms with E-state index in [1.165, 1.54) is 0 Å². The van der Waals surface area contributed by atoms with Crippen molar-refractivity contribution in [1.29, 1.82) is 0 Å². The van der Waals surface area contributed by atoms with Gasteiger partial charge in [0.2, 0.25) is 5.91 Å². The molecule has 1 saturated carbocycles. The number of carbonyl (C=O) groups excluding carboxylic acids is 1. The Hall–Kier alpha value is -0.240. The predicted octanol–water partition coefficient (Wildman–Crippen LogP) is 1.87. The molecule has 1 unspecified atom stereocenters. The lowest BCUT2D eigenvalue weighted by molar-refractivity contribution is -0.131. The van der Waals surface area contributed by atoms with Crippen LogP contribution in [-0.2, 0) is 4.79 Å². The summed E-state index contributed by atoms with van der Waals surface area (Å²) in [5.74, 6) is 0.632. The first kappa shape index (κ1) is 9.85. The van der Waals surface area contributed by atoms with Crippen LogP contribution >= 0.6 is 11.6 Å². The fourth-order valence-electron chi connectivity index (χ4n) is 1.12. The van der Waals surface area contributed by atoms with Crippen LogP contribution in [0.15, 0.2) is 0 Å². The Labute approximate surface area is 78.9 Å². The van der Waals surface area contributed by atoms with E-state index >= 15 is 0 Å². The molecule has 0 aromatic rings. The summed E-state index contributed by atoms with van der Waals surface area (Å²) in [6.45, 7) is 2.75. The number of rotatable bonds is 4. The van der Waals surface area contributed by atoms with Crippen molar-refractivity contribution in [2.45, 2.75) is 31.6 Å². The van der Waals surface area contributed by atoms with Crippen molar-refractivity contribution in [3.63, 3.8) is 0 Å². The van der Waals surface area contributed by atoms with Crippen LogP contribution in [0.2, 0.25) is 0 Å². The first-order chi connectivity index (χ1) is 5.61. The fourth-order valence-corrected chi connectivity index (χ4v) is 1.22. The number of hydrogen-bond acceptors (Lipinski definition) is 1. The van der Waals surface area contributed by atoms with E-state index in [4.69, 9.17) is 11.6 Å². The van der Waals surface area contributed by atoms with Crippen molar-refractivity contribution >= 4 is 17.5 Å². The number of amides is 1. The average Bonchev–Trinajstić information content (AvgIpc) is 2.80. The summed E-state index contributed by atoms with van der Waals surface area (Å²) in [5.41, 5.74) is 0. The molecule has 0 spiro atoms. The van der Waals surface area contributed by atoms with Gasteiger partial charge in [-0.25, -0.2) is 0 Å². The second-order valence-corrected chi connectivity index (χ2v) is 4.35. The van der Waals surface area contributed by atoms with Crippen molar-refractivity contribution in [3.05, 3.63) is 0 Å². The number of hydrogen-bond donors (Lipinski definition) is 0. The third-order valence-corrected chi connectivity index (χ3v) is 2.38. The Kier molecular flexibility index (Phi) is 3.39. The van der Waals surface area contributed by atoms with E-state index in [1.54, 1.807) is 4.90 Å². The highest BCUT2D eigenvalue weighted by Crippen LogP contribution is 2.30. The summed E-state index contributed by atoms with van der Waals surface area (Å²) in [7, 11) is 1.86. The van der Waals surface area contributed by atoms with E-state index in [0.29, 0.717) is 11.8 Å². The number of alkyl halides is 1. The summed E-state index contributed by atoms with van der Waals surface area (Å²) < 4.78 is 0. The van der Waals surface area contributed by atoms with Gasteiger partial charge in [0, 0.05) is 24.9 Å². The highest BCUT2D eigenvalue weighted by Gasteiger charge is 2.31. The average molecular weight is 190 g/mol. The molecule has 70 valence electrons. The third kappa shape index (κ3) is 3.02. The Bertz CT molecular complexity index is 166. The first-order valence-electron chi connectivity index (χ1n) is 4.50. The van der Waals surface area contributed by atoms with E-state index in [-0.39, 0.29) is 5.38 Å². The minimum atomic E-state index is 0.166. The summed E-state index contributed by atoms with van der Waals surface area (Å²) >= 11 is 5.78. The molecule has 3 heteroatoms. The zero-order valence-electron chi connectivity index (χ0n) is 7.72. The molecule has 0 aromatic carbocycles. The van der Waals surface area contributed by atoms with Gasteiger partial charge in [-0.1, -0.05) is 0 Å². The molecular weight excluding hydrogens is 174 g/mol. The molecule has 1 rings (SSSR count). The molecule has 2 nitrogen and oxygen atoms in total. The van der Waals surface area contributed by atoms with Gasteiger partial charge in [0.05, 0.1) is 0 Å². The summed E-state index contributed by atoms with van der Waals surface area (Å²) in [4.78, 5) is 13.2. The van der Waals surface area contributed by atoms with Gasteiger partial charge in [-0.2, -0.15) is 0 Å². The molecule has 0 bridgehead atoms. The molecular formula is C9H16ClNO. The maximum Gasteiger partial charge on any atom is 0.225 e. The van der Waals surface area contributed by atoms with Gasteiger partial charge in [0.15, 0.2) is 0 Å². The van der Waals surface area contributed by atoms with Gasteiger partial charge >= 0.3 is 0 Å². The Morgan fingerprint density at radius 1 is 1.67 bits per heavy atom. The van der Waals surface area contributed by atoms with Crippen LogP contribution in [-0.4, -0.2) is 29.8 Å². The smallest absolute Gasteiger partial charge is 0.225 e. The Morgan fingerprint density at radius 3 is 2.67 bits per heavy atom. The van der Waals surface area contributed by atoms with Crippen LogP contribution in [0.1, 0.15) is 26.2 Å². The molecule has 1 amide bonds. The lowest BCUT2D eigenvalue weighted by Crippen LogP contribution is -2.29. The van der Waals surface area contributed by atoms with Crippen molar-refractivity contribution in [1.82, 2.24) is 4.90 Å².